The van der Waals surface area contributed by atoms with E-state index in [0.29, 0.717) is 27.9 Å². The molecule has 2 N–H and O–H groups in total. The van der Waals surface area contributed by atoms with E-state index in [4.69, 9.17) is 6.57 Å². The van der Waals surface area contributed by atoms with Gasteiger partial charge in [0.2, 0.25) is 5.69 Å². The van der Waals surface area contributed by atoms with E-state index in [1.54, 1.807) is 25.2 Å². The number of carbonyl (C=O) groups is 1. The van der Waals surface area contributed by atoms with Crippen molar-refractivity contribution in [2.75, 3.05) is 18.6 Å². The number of anilines is 2. The molecule has 0 radical (unpaired) electrons. The minimum atomic E-state index is -0.207. The van der Waals surface area contributed by atoms with Gasteiger partial charge in [-0.05, 0) is 18.4 Å². The van der Waals surface area contributed by atoms with E-state index in [1.807, 2.05) is 12.3 Å². The number of rotatable bonds is 4. The largest absolute Gasteiger partial charge is 0.355 e. The van der Waals surface area contributed by atoms with E-state index in [2.05, 4.69) is 25.4 Å². The van der Waals surface area contributed by atoms with Gasteiger partial charge in [-0.25, -0.2) is 14.8 Å². The molecule has 7 heteroatoms. The molecule has 1 aromatic heterocycles. The third kappa shape index (κ3) is 3.30. The first-order valence-corrected chi connectivity index (χ1v) is 7.28. The van der Waals surface area contributed by atoms with Gasteiger partial charge < -0.3 is 10.6 Å². The van der Waals surface area contributed by atoms with Crippen molar-refractivity contribution in [2.24, 2.45) is 0 Å². The number of benzene rings is 1. The molecule has 21 heavy (non-hydrogen) atoms. The predicted octanol–water partition coefficient (Wildman–Crippen LogP) is 2.85. The maximum Gasteiger partial charge on any atom is 0.253 e. The SMILES string of the molecule is [C-]#[N+]c1cnc(SC)nc1Nc1ccccc1C(=O)NC. The first kappa shape index (κ1) is 14.8. The van der Waals surface area contributed by atoms with Crippen molar-refractivity contribution in [3.8, 4) is 0 Å². The van der Waals surface area contributed by atoms with Gasteiger partial charge in [0.15, 0.2) is 5.16 Å². The van der Waals surface area contributed by atoms with Crippen molar-refractivity contribution in [2.45, 2.75) is 5.16 Å². The Morgan fingerprint density at radius 2 is 2.14 bits per heavy atom. The molecule has 106 valence electrons. The third-order valence-corrected chi connectivity index (χ3v) is 3.26. The van der Waals surface area contributed by atoms with E-state index in [-0.39, 0.29) is 5.91 Å². The van der Waals surface area contributed by atoms with Crippen molar-refractivity contribution < 1.29 is 4.79 Å². The van der Waals surface area contributed by atoms with Crippen LogP contribution in [0.4, 0.5) is 17.2 Å². The van der Waals surface area contributed by atoms with Crippen LogP contribution in [0.3, 0.4) is 0 Å². The molecule has 0 aliphatic rings. The lowest BCUT2D eigenvalue weighted by Crippen LogP contribution is -2.19. The Bertz CT molecular complexity index is 711. The average Bonchev–Trinajstić information content (AvgIpc) is 2.54. The van der Waals surface area contributed by atoms with Gasteiger partial charge in [0, 0.05) is 13.2 Å². The second-order valence-electron chi connectivity index (χ2n) is 3.95. The first-order chi connectivity index (χ1) is 10.2. The lowest BCUT2D eigenvalue weighted by atomic mass is 10.1. The lowest BCUT2D eigenvalue weighted by molar-refractivity contribution is 0.0964. The Hall–Kier alpha value is -2.59. The second-order valence-corrected chi connectivity index (χ2v) is 4.73. The van der Waals surface area contributed by atoms with Crippen LogP contribution in [0.25, 0.3) is 4.85 Å². The Balaban J connectivity index is 2.43. The minimum Gasteiger partial charge on any atom is -0.355 e. The normalized spacial score (nSPS) is 9.76. The molecule has 2 aromatic rings. The summed E-state index contributed by atoms with van der Waals surface area (Å²) in [6.07, 6.45) is 3.33. The predicted molar refractivity (Wildman–Crippen MR) is 83.2 cm³/mol. The molecule has 1 aromatic carbocycles. The molecule has 0 saturated carbocycles. The van der Waals surface area contributed by atoms with Crippen LogP contribution in [0.1, 0.15) is 10.4 Å². The van der Waals surface area contributed by atoms with Gasteiger partial charge >= 0.3 is 0 Å². The molecule has 0 fully saturated rings. The molecule has 0 unspecified atom stereocenters. The number of thioether (sulfide) groups is 1. The molecular weight excluding hydrogens is 286 g/mol. The molecule has 0 aliphatic carbocycles. The Morgan fingerprint density at radius 3 is 2.81 bits per heavy atom. The zero-order valence-electron chi connectivity index (χ0n) is 11.5. The van der Waals surface area contributed by atoms with E-state index >= 15 is 0 Å². The number of amides is 1. The highest BCUT2D eigenvalue weighted by Crippen LogP contribution is 2.28. The summed E-state index contributed by atoms with van der Waals surface area (Å²) in [6, 6.07) is 7.05. The highest BCUT2D eigenvalue weighted by molar-refractivity contribution is 7.98. The number of nitrogens with zero attached hydrogens (tertiary/aromatic N) is 3. The van der Waals surface area contributed by atoms with Crippen molar-refractivity contribution in [3.63, 3.8) is 0 Å². The summed E-state index contributed by atoms with van der Waals surface area (Å²) < 4.78 is 0. The minimum absolute atomic E-state index is 0.207. The van der Waals surface area contributed by atoms with E-state index in [1.165, 1.54) is 18.0 Å². The topological polar surface area (TPSA) is 71.3 Å². The second kappa shape index (κ2) is 6.72. The van der Waals surface area contributed by atoms with Crippen LogP contribution in [0.5, 0.6) is 0 Å². The summed E-state index contributed by atoms with van der Waals surface area (Å²) in [5, 5.41) is 6.18. The average molecular weight is 299 g/mol. The molecule has 0 bridgehead atoms. The Labute approximate surface area is 126 Å². The molecule has 0 saturated heterocycles. The quantitative estimate of drug-likeness (QED) is 0.516. The molecule has 0 spiro atoms. The maximum atomic E-state index is 11.9. The van der Waals surface area contributed by atoms with Crippen molar-refractivity contribution in [3.05, 3.63) is 47.4 Å². The van der Waals surface area contributed by atoms with Crippen LogP contribution in [0, 0.1) is 6.57 Å². The Kier molecular flexibility index (Phi) is 4.74. The van der Waals surface area contributed by atoms with E-state index in [0.717, 1.165) is 0 Å². The van der Waals surface area contributed by atoms with Crippen LogP contribution in [0.2, 0.25) is 0 Å². The van der Waals surface area contributed by atoms with Gasteiger partial charge in [-0.1, -0.05) is 23.9 Å². The summed E-state index contributed by atoms with van der Waals surface area (Å²) >= 11 is 1.38. The standard InChI is InChI=1S/C14H13N5OS/c1-15-11-8-17-14(21-3)19-12(11)18-10-7-5-4-6-9(10)13(20)16-2/h4-8H,2-3H3,(H,16,20)(H,17,18,19). The van der Waals surface area contributed by atoms with E-state index < -0.39 is 0 Å². The van der Waals surface area contributed by atoms with Crippen LogP contribution in [-0.2, 0) is 0 Å². The first-order valence-electron chi connectivity index (χ1n) is 6.06. The summed E-state index contributed by atoms with van der Waals surface area (Å²) in [7, 11) is 1.57. The van der Waals surface area contributed by atoms with Gasteiger partial charge in [-0.2, -0.15) is 0 Å². The van der Waals surface area contributed by atoms with Crippen LogP contribution >= 0.6 is 11.8 Å². The van der Waals surface area contributed by atoms with Gasteiger partial charge in [-0.3, -0.25) is 4.79 Å². The molecule has 0 aliphatic heterocycles. The van der Waals surface area contributed by atoms with Crippen LogP contribution in [-0.4, -0.2) is 29.2 Å². The number of carbonyl (C=O) groups excluding carboxylic acids is 1. The number of nitrogens with one attached hydrogen (secondary N) is 2. The smallest absolute Gasteiger partial charge is 0.253 e. The van der Waals surface area contributed by atoms with Crippen molar-refractivity contribution in [1.29, 1.82) is 0 Å². The molecule has 1 heterocycles. The highest BCUT2D eigenvalue weighted by atomic mass is 32.2. The molecule has 0 atom stereocenters. The van der Waals surface area contributed by atoms with E-state index in [9.17, 15) is 4.79 Å². The number of hydrogen-bond donors (Lipinski definition) is 2. The lowest BCUT2D eigenvalue weighted by Gasteiger charge is -2.12. The van der Waals surface area contributed by atoms with Crippen molar-refractivity contribution >= 4 is 34.9 Å². The zero-order chi connectivity index (χ0) is 15.2. The molecular formula is C14H13N5OS. The fourth-order valence-corrected chi connectivity index (χ4v) is 2.02. The molecule has 2 rings (SSSR count). The Morgan fingerprint density at radius 1 is 1.38 bits per heavy atom. The fourth-order valence-electron chi connectivity index (χ4n) is 1.68. The summed E-state index contributed by atoms with van der Waals surface area (Å²) in [6.45, 7) is 7.17. The van der Waals surface area contributed by atoms with Crippen LogP contribution < -0.4 is 10.6 Å². The third-order valence-electron chi connectivity index (χ3n) is 2.70. The van der Waals surface area contributed by atoms with Gasteiger partial charge in [-0.15, -0.1) is 0 Å². The number of para-hydroxylation sites is 1. The maximum absolute atomic E-state index is 11.9. The summed E-state index contributed by atoms with van der Waals surface area (Å²) in [5.74, 6) is 0.183. The fraction of sp³-hybridized carbons (Fsp3) is 0.143. The summed E-state index contributed by atoms with van der Waals surface area (Å²) in [4.78, 5) is 23.6. The molecule has 1 amide bonds. The summed E-state index contributed by atoms with van der Waals surface area (Å²) in [5.41, 5.74) is 1.38. The number of aromatic nitrogens is 2. The molecule has 6 nitrogen and oxygen atoms in total. The monoisotopic (exact) mass is 299 g/mol. The van der Waals surface area contributed by atoms with Crippen molar-refractivity contribution in [1.82, 2.24) is 15.3 Å². The zero-order valence-corrected chi connectivity index (χ0v) is 12.4. The highest BCUT2D eigenvalue weighted by Gasteiger charge is 2.12. The van der Waals surface area contributed by atoms with Gasteiger partial charge in [0.05, 0.1) is 17.8 Å². The van der Waals surface area contributed by atoms with Gasteiger partial charge in [0.1, 0.15) is 5.82 Å². The van der Waals surface area contributed by atoms with Crippen LogP contribution in [0.15, 0.2) is 35.6 Å². The van der Waals surface area contributed by atoms with Gasteiger partial charge in [0.25, 0.3) is 5.91 Å². The number of hydrogen-bond acceptors (Lipinski definition) is 5.